The Kier molecular flexibility index (Phi) is 4.22. The van der Waals surface area contributed by atoms with Gasteiger partial charge in [-0.05, 0) is 17.7 Å². The van der Waals surface area contributed by atoms with Crippen molar-refractivity contribution in [2.24, 2.45) is 11.0 Å². The predicted octanol–water partition coefficient (Wildman–Crippen LogP) is 0.366. The molecule has 130 valence electrons. The smallest absolute Gasteiger partial charge is 0.327 e. The fraction of sp³-hybridized carbons (Fsp3) is 0.312. The van der Waals surface area contributed by atoms with Crippen LogP contribution in [0.3, 0.4) is 0 Å². The van der Waals surface area contributed by atoms with E-state index in [0.717, 1.165) is 21.3 Å². The highest BCUT2D eigenvalue weighted by atomic mass is 16.2. The Labute approximate surface area is 143 Å². The van der Waals surface area contributed by atoms with Gasteiger partial charge in [-0.15, -0.1) is 0 Å². The van der Waals surface area contributed by atoms with Crippen molar-refractivity contribution in [3.63, 3.8) is 0 Å². The van der Waals surface area contributed by atoms with E-state index in [1.54, 1.807) is 24.3 Å². The van der Waals surface area contributed by atoms with Gasteiger partial charge in [0.1, 0.15) is 6.54 Å². The number of amides is 5. The molecule has 0 spiro atoms. The highest BCUT2D eigenvalue weighted by molar-refractivity contribution is 6.09. The Morgan fingerprint density at radius 3 is 2.44 bits per heavy atom. The van der Waals surface area contributed by atoms with Gasteiger partial charge in [-0.2, -0.15) is 10.1 Å². The summed E-state index contributed by atoms with van der Waals surface area (Å²) in [6, 6.07) is 6.08. The largest absolute Gasteiger partial charge is 0.344 e. The SMILES string of the molecule is CC(=O)N(c1ccc(C2=NNC(=O)CC2C)cc1)N1C(=O)CNC1=O. The summed E-state index contributed by atoms with van der Waals surface area (Å²) < 4.78 is 0. The molecule has 9 heteroatoms. The molecule has 5 amide bonds. The molecule has 0 bridgehead atoms. The van der Waals surface area contributed by atoms with Crippen molar-refractivity contribution in [1.29, 1.82) is 0 Å². The summed E-state index contributed by atoms with van der Waals surface area (Å²) in [6.07, 6.45) is 0.350. The number of hydrazone groups is 1. The lowest BCUT2D eigenvalue weighted by molar-refractivity contribution is -0.130. The zero-order chi connectivity index (χ0) is 18.1. The maximum atomic E-state index is 12.0. The highest BCUT2D eigenvalue weighted by Gasteiger charge is 2.36. The monoisotopic (exact) mass is 343 g/mol. The molecule has 1 aromatic rings. The number of urea groups is 1. The maximum absolute atomic E-state index is 12.0. The molecular weight excluding hydrogens is 326 g/mol. The quantitative estimate of drug-likeness (QED) is 0.772. The van der Waals surface area contributed by atoms with Gasteiger partial charge in [0.2, 0.25) is 11.8 Å². The van der Waals surface area contributed by atoms with Crippen molar-refractivity contribution in [3.05, 3.63) is 29.8 Å². The summed E-state index contributed by atoms with van der Waals surface area (Å²) in [4.78, 5) is 47.0. The third-order valence-electron chi connectivity index (χ3n) is 3.98. The number of benzene rings is 1. The number of anilines is 1. The molecule has 2 aliphatic heterocycles. The van der Waals surface area contributed by atoms with Gasteiger partial charge >= 0.3 is 6.03 Å². The second-order valence-corrected chi connectivity index (χ2v) is 5.88. The van der Waals surface area contributed by atoms with Crippen LogP contribution in [0.2, 0.25) is 0 Å². The molecule has 9 nitrogen and oxygen atoms in total. The van der Waals surface area contributed by atoms with Crippen LogP contribution in [-0.2, 0) is 14.4 Å². The molecule has 1 aromatic carbocycles. The maximum Gasteiger partial charge on any atom is 0.344 e. The number of carbonyl (C=O) groups is 4. The second-order valence-electron chi connectivity index (χ2n) is 5.88. The number of nitrogens with zero attached hydrogens (tertiary/aromatic N) is 3. The van der Waals surface area contributed by atoms with Crippen LogP contribution in [0.1, 0.15) is 25.8 Å². The van der Waals surface area contributed by atoms with E-state index in [1.807, 2.05) is 6.92 Å². The summed E-state index contributed by atoms with van der Waals surface area (Å²) in [5.41, 5.74) is 4.36. The first-order chi connectivity index (χ1) is 11.9. The van der Waals surface area contributed by atoms with E-state index in [9.17, 15) is 19.2 Å². The fourth-order valence-corrected chi connectivity index (χ4v) is 2.83. The summed E-state index contributed by atoms with van der Waals surface area (Å²) >= 11 is 0. The molecule has 2 heterocycles. The molecule has 1 unspecified atom stereocenters. The number of carbonyl (C=O) groups excluding carboxylic acids is 4. The number of rotatable bonds is 3. The first kappa shape index (κ1) is 16.6. The molecular formula is C16H17N5O4. The Morgan fingerprint density at radius 2 is 1.92 bits per heavy atom. The minimum absolute atomic E-state index is 0.0329. The number of nitrogens with one attached hydrogen (secondary N) is 2. The van der Waals surface area contributed by atoms with Crippen LogP contribution in [0.25, 0.3) is 0 Å². The molecule has 0 aromatic heterocycles. The van der Waals surface area contributed by atoms with Crippen molar-refractivity contribution in [1.82, 2.24) is 15.8 Å². The highest BCUT2D eigenvalue weighted by Crippen LogP contribution is 2.22. The normalized spacial score (nSPS) is 20.1. The number of imide groups is 1. The molecule has 0 saturated carbocycles. The molecule has 2 N–H and O–H groups in total. The van der Waals surface area contributed by atoms with E-state index in [4.69, 9.17) is 0 Å². The van der Waals surface area contributed by atoms with E-state index in [0.29, 0.717) is 12.1 Å². The molecule has 1 atom stereocenters. The van der Waals surface area contributed by atoms with Gasteiger partial charge in [0.25, 0.3) is 5.91 Å². The van der Waals surface area contributed by atoms with Crippen LogP contribution in [0.15, 0.2) is 29.4 Å². The standard InChI is InChI=1S/C16H17N5O4/c1-9-7-13(23)18-19-15(9)11-3-5-12(6-4-11)20(10(2)22)21-14(24)8-17-16(21)25/h3-6,9H,7-8H2,1-2H3,(H,17,25)(H,18,23). The van der Waals surface area contributed by atoms with Gasteiger partial charge in [0.15, 0.2) is 0 Å². The summed E-state index contributed by atoms with van der Waals surface area (Å²) in [7, 11) is 0. The molecule has 0 radical (unpaired) electrons. The van der Waals surface area contributed by atoms with Crippen LogP contribution >= 0.6 is 0 Å². The van der Waals surface area contributed by atoms with E-state index in [-0.39, 0.29) is 18.4 Å². The lowest BCUT2D eigenvalue weighted by atomic mass is 9.94. The van der Waals surface area contributed by atoms with Crippen LogP contribution in [0, 0.1) is 5.92 Å². The summed E-state index contributed by atoms with van der Waals surface area (Å²) in [5.74, 6) is -1.13. The Bertz CT molecular complexity index is 770. The molecule has 0 aliphatic carbocycles. The first-order valence-electron chi connectivity index (χ1n) is 7.76. The van der Waals surface area contributed by atoms with Crippen molar-refractivity contribution in [3.8, 4) is 0 Å². The molecule has 1 saturated heterocycles. The summed E-state index contributed by atoms with van der Waals surface area (Å²) in [5, 5.41) is 8.28. The van der Waals surface area contributed by atoms with Gasteiger partial charge in [-0.1, -0.05) is 19.1 Å². The van der Waals surface area contributed by atoms with Crippen LogP contribution < -0.4 is 15.8 Å². The molecule has 25 heavy (non-hydrogen) atoms. The lowest BCUT2D eigenvalue weighted by Crippen LogP contribution is -2.49. The summed E-state index contributed by atoms with van der Waals surface area (Å²) in [6.45, 7) is 3.03. The van der Waals surface area contributed by atoms with Crippen molar-refractivity contribution in [2.75, 3.05) is 11.6 Å². The number of hydrazine groups is 1. The van der Waals surface area contributed by atoms with Crippen molar-refractivity contribution in [2.45, 2.75) is 20.3 Å². The van der Waals surface area contributed by atoms with E-state index < -0.39 is 17.8 Å². The Morgan fingerprint density at radius 1 is 1.24 bits per heavy atom. The van der Waals surface area contributed by atoms with E-state index in [1.165, 1.54) is 6.92 Å². The van der Waals surface area contributed by atoms with Crippen LogP contribution in [0.4, 0.5) is 10.5 Å². The van der Waals surface area contributed by atoms with E-state index >= 15 is 0 Å². The minimum Gasteiger partial charge on any atom is -0.327 e. The topological polar surface area (TPSA) is 111 Å². The third-order valence-corrected chi connectivity index (χ3v) is 3.98. The average Bonchev–Trinajstić information content (AvgIpc) is 2.88. The zero-order valence-corrected chi connectivity index (χ0v) is 13.8. The predicted molar refractivity (Wildman–Crippen MR) is 88.3 cm³/mol. The third kappa shape index (κ3) is 3.08. The van der Waals surface area contributed by atoms with Crippen molar-refractivity contribution < 1.29 is 19.2 Å². The number of hydrogen-bond donors (Lipinski definition) is 2. The van der Waals surface area contributed by atoms with E-state index in [2.05, 4.69) is 15.8 Å². The van der Waals surface area contributed by atoms with Crippen molar-refractivity contribution >= 4 is 35.2 Å². The first-order valence-corrected chi connectivity index (χ1v) is 7.76. The minimum atomic E-state index is -0.641. The Hall–Kier alpha value is -3.23. The van der Waals surface area contributed by atoms with Gasteiger partial charge in [-0.25, -0.2) is 15.2 Å². The lowest BCUT2D eigenvalue weighted by Gasteiger charge is -2.28. The molecule has 1 fully saturated rings. The second kappa shape index (κ2) is 6.34. The Balaban J connectivity index is 1.90. The number of hydrogen-bond acceptors (Lipinski definition) is 5. The van der Waals surface area contributed by atoms with Crippen LogP contribution in [0.5, 0.6) is 0 Å². The van der Waals surface area contributed by atoms with Crippen LogP contribution in [-0.4, -0.2) is 41.0 Å². The van der Waals surface area contributed by atoms with Gasteiger partial charge in [0.05, 0.1) is 11.4 Å². The van der Waals surface area contributed by atoms with Gasteiger partial charge < -0.3 is 5.32 Å². The van der Waals surface area contributed by atoms with Gasteiger partial charge in [-0.3, -0.25) is 14.4 Å². The molecule has 3 rings (SSSR count). The fourth-order valence-electron chi connectivity index (χ4n) is 2.83. The average molecular weight is 343 g/mol. The zero-order valence-electron chi connectivity index (χ0n) is 13.8. The van der Waals surface area contributed by atoms with Gasteiger partial charge in [0, 0.05) is 19.3 Å². The molecule has 2 aliphatic rings.